The first-order valence-electron chi connectivity index (χ1n) is 5.27. The van der Waals surface area contributed by atoms with E-state index in [4.69, 9.17) is 17.3 Å². The van der Waals surface area contributed by atoms with Gasteiger partial charge in [0.15, 0.2) is 0 Å². The van der Waals surface area contributed by atoms with Crippen LogP contribution in [0.5, 0.6) is 0 Å². The normalized spacial score (nSPS) is 22.5. The van der Waals surface area contributed by atoms with Gasteiger partial charge in [0, 0.05) is 26.1 Å². The Morgan fingerprint density at radius 2 is 2.47 bits per heavy atom. The Morgan fingerprint density at radius 3 is 3.07 bits per heavy atom. The summed E-state index contributed by atoms with van der Waals surface area (Å²) in [7, 11) is 0. The van der Waals surface area contributed by atoms with Gasteiger partial charge in [-0.05, 0) is 18.8 Å². The first-order chi connectivity index (χ1) is 7.19. The summed E-state index contributed by atoms with van der Waals surface area (Å²) < 4.78 is 0. The number of terminal acetylenes is 1. The molecule has 0 aromatic heterocycles. The highest BCUT2D eigenvalue weighted by Crippen LogP contribution is 2.19. The molecule has 0 aromatic carbocycles. The molecule has 0 radical (unpaired) electrons. The van der Waals surface area contributed by atoms with E-state index >= 15 is 0 Å². The van der Waals surface area contributed by atoms with Gasteiger partial charge in [-0.1, -0.05) is 0 Å². The molecule has 1 aliphatic rings. The van der Waals surface area contributed by atoms with E-state index in [1.165, 1.54) is 0 Å². The van der Waals surface area contributed by atoms with Crippen LogP contribution in [0.2, 0.25) is 0 Å². The molecule has 1 heterocycles. The summed E-state index contributed by atoms with van der Waals surface area (Å²) in [6, 6.07) is -0.567. The van der Waals surface area contributed by atoms with Crippen LogP contribution in [0.4, 0.5) is 0 Å². The summed E-state index contributed by atoms with van der Waals surface area (Å²) in [5.41, 5.74) is 5.64. The highest BCUT2D eigenvalue weighted by atomic mass is 16.3. The van der Waals surface area contributed by atoms with Crippen LogP contribution in [0.1, 0.15) is 19.3 Å². The van der Waals surface area contributed by atoms with Crippen molar-refractivity contribution in [3.8, 4) is 12.3 Å². The quantitative estimate of drug-likeness (QED) is 0.619. The van der Waals surface area contributed by atoms with Crippen molar-refractivity contribution in [1.29, 1.82) is 0 Å². The number of carbonyl (C=O) groups excluding carboxylic acids is 1. The van der Waals surface area contributed by atoms with E-state index in [0.29, 0.717) is 18.9 Å². The maximum atomic E-state index is 11.7. The first-order valence-corrected chi connectivity index (χ1v) is 5.27. The van der Waals surface area contributed by atoms with Crippen LogP contribution in [0.15, 0.2) is 0 Å². The van der Waals surface area contributed by atoms with Crippen LogP contribution >= 0.6 is 0 Å². The number of rotatable bonds is 4. The Balaban J connectivity index is 2.40. The minimum Gasteiger partial charge on any atom is -0.396 e. The van der Waals surface area contributed by atoms with E-state index in [2.05, 4.69) is 5.92 Å². The summed E-state index contributed by atoms with van der Waals surface area (Å²) in [6.07, 6.45) is 7.11. The maximum Gasteiger partial charge on any atom is 0.240 e. The summed E-state index contributed by atoms with van der Waals surface area (Å²) >= 11 is 0. The van der Waals surface area contributed by atoms with Crippen molar-refractivity contribution in [2.24, 2.45) is 11.7 Å². The zero-order valence-electron chi connectivity index (χ0n) is 8.85. The largest absolute Gasteiger partial charge is 0.396 e. The van der Waals surface area contributed by atoms with Crippen molar-refractivity contribution < 1.29 is 9.90 Å². The summed E-state index contributed by atoms with van der Waals surface area (Å²) in [5.74, 6) is 2.75. The van der Waals surface area contributed by atoms with Gasteiger partial charge >= 0.3 is 0 Å². The summed E-state index contributed by atoms with van der Waals surface area (Å²) in [5, 5.41) is 8.79. The standard InChI is InChI=1S/C11H18N2O2/c1-2-3-10(12)11(15)13-6-4-9(8-13)5-7-14/h1,9-10,14H,3-8,12H2. The molecule has 2 atom stereocenters. The average molecular weight is 210 g/mol. The van der Waals surface area contributed by atoms with E-state index < -0.39 is 6.04 Å². The minimum atomic E-state index is -0.567. The predicted octanol–water partition coefficient (Wildman–Crippen LogP) is -0.432. The van der Waals surface area contributed by atoms with Crippen LogP contribution in [0.3, 0.4) is 0 Å². The third-order valence-corrected chi connectivity index (χ3v) is 2.79. The number of likely N-dealkylation sites (tertiary alicyclic amines) is 1. The lowest BCUT2D eigenvalue weighted by molar-refractivity contribution is -0.131. The number of carbonyl (C=O) groups is 1. The van der Waals surface area contributed by atoms with Gasteiger partial charge in [0.2, 0.25) is 5.91 Å². The fraction of sp³-hybridized carbons (Fsp3) is 0.727. The molecule has 0 aliphatic carbocycles. The van der Waals surface area contributed by atoms with Crippen LogP contribution in [0.25, 0.3) is 0 Å². The molecule has 0 aromatic rings. The highest BCUT2D eigenvalue weighted by molar-refractivity contribution is 5.82. The first kappa shape index (κ1) is 12.0. The van der Waals surface area contributed by atoms with E-state index in [1.807, 2.05) is 0 Å². The van der Waals surface area contributed by atoms with Crippen molar-refractivity contribution in [2.45, 2.75) is 25.3 Å². The molecule has 2 unspecified atom stereocenters. The monoisotopic (exact) mass is 210 g/mol. The molecule has 4 heteroatoms. The van der Waals surface area contributed by atoms with E-state index in [1.54, 1.807) is 4.90 Å². The lowest BCUT2D eigenvalue weighted by Gasteiger charge is -2.19. The van der Waals surface area contributed by atoms with Crippen molar-refractivity contribution in [1.82, 2.24) is 4.90 Å². The Hall–Kier alpha value is -1.05. The van der Waals surface area contributed by atoms with Gasteiger partial charge in [-0.2, -0.15) is 0 Å². The fourth-order valence-corrected chi connectivity index (χ4v) is 1.90. The van der Waals surface area contributed by atoms with Gasteiger partial charge in [-0.25, -0.2) is 0 Å². The zero-order valence-corrected chi connectivity index (χ0v) is 8.85. The van der Waals surface area contributed by atoms with Crippen molar-refractivity contribution in [2.75, 3.05) is 19.7 Å². The molecule has 4 nitrogen and oxygen atoms in total. The van der Waals surface area contributed by atoms with Gasteiger partial charge in [-0.3, -0.25) is 4.79 Å². The molecule has 3 N–H and O–H groups in total. The molecule has 1 amide bonds. The fourth-order valence-electron chi connectivity index (χ4n) is 1.90. The Bertz CT molecular complexity index is 260. The number of aliphatic hydroxyl groups excluding tert-OH is 1. The Kier molecular flexibility index (Phi) is 4.60. The van der Waals surface area contributed by atoms with Gasteiger partial charge in [0.05, 0.1) is 6.04 Å². The second kappa shape index (κ2) is 5.74. The number of hydrogen-bond acceptors (Lipinski definition) is 3. The Morgan fingerprint density at radius 1 is 1.73 bits per heavy atom. The molecule has 0 saturated carbocycles. The minimum absolute atomic E-state index is 0.0617. The van der Waals surface area contributed by atoms with E-state index in [9.17, 15) is 4.79 Å². The number of hydrogen-bond donors (Lipinski definition) is 2. The van der Waals surface area contributed by atoms with Gasteiger partial charge in [-0.15, -0.1) is 12.3 Å². The molecular formula is C11H18N2O2. The van der Waals surface area contributed by atoms with Crippen LogP contribution in [-0.4, -0.2) is 41.7 Å². The SMILES string of the molecule is C#CCC(N)C(=O)N1CCC(CCO)C1. The molecule has 84 valence electrons. The topological polar surface area (TPSA) is 66.6 Å². The molecule has 1 aliphatic heterocycles. The molecular weight excluding hydrogens is 192 g/mol. The van der Waals surface area contributed by atoms with Crippen LogP contribution in [-0.2, 0) is 4.79 Å². The second-order valence-electron chi connectivity index (χ2n) is 3.97. The van der Waals surface area contributed by atoms with Gasteiger partial charge in [0.1, 0.15) is 0 Å². The average Bonchev–Trinajstić information content (AvgIpc) is 2.66. The van der Waals surface area contributed by atoms with E-state index in [-0.39, 0.29) is 12.5 Å². The van der Waals surface area contributed by atoms with E-state index in [0.717, 1.165) is 19.4 Å². The van der Waals surface area contributed by atoms with Crippen molar-refractivity contribution >= 4 is 5.91 Å². The number of amides is 1. The number of nitrogens with zero attached hydrogens (tertiary/aromatic N) is 1. The predicted molar refractivity (Wildman–Crippen MR) is 57.8 cm³/mol. The zero-order chi connectivity index (χ0) is 11.3. The van der Waals surface area contributed by atoms with Crippen molar-refractivity contribution in [3.05, 3.63) is 0 Å². The maximum absolute atomic E-state index is 11.7. The molecule has 15 heavy (non-hydrogen) atoms. The number of aliphatic hydroxyl groups is 1. The molecule has 0 bridgehead atoms. The van der Waals surface area contributed by atoms with Gasteiger partial charge in [0.25, 0.3) is 0 Å². The molecule has 1 rings (SSSR count). The lowest BCUT2D eigenvalue weighted by Crippen LogP contribution is -2.42. The summed E-state index contributed by atoms with van der Waals surface area (Å²) in [6.45, 7) is 1.63. The molecule has 0 spiro atoms. The van der Waals surface area contributed by atoms with Crippen molar-refractivity contribution in [3.63, 3.8) is 0 Å². The van der Waals surface area contributed by atoms with Crippen LogP contribution in [0, 0.1) is 18.3 Å². The van der Waals surface area contributed by atoms with Crippen LogP contribution < -0.4 is 5.73 Å². The highest BCUT2D eigenvalue weighted by Gasteiger charge is 2.28. The Labute approximate surface area is 90.4 Å². The third-order valence-electron chi connectivity index (χ3n) is 2.79. The van der Waals surface area contributed by atoms with Gasteiger partial charge < -0.3 is 15.7 Å². The number of nitrogens with two attached hydrogens (primary N) is 1. The second-order valence-corrected chi connectivity index (χ2v) is 3.97. The molecule has 1 saturated heterocycles. The lowest BCUT2D eigenvalue weighted by atomic mass is 10.1. The third kappa shape index (κ3) is 3.22. The summed E-state index contributed by atoms with van der Waals surface area (Å²) in [4.78, 5) is 13.5. The smallest absolute Gasteiger partial charge is 0.240 e. The molecule has 1 fully saturated rings.